The number of benzene rings is 1. The fraction of sp³-hybridized carbons (Fsp3) is 0.273. The van der Waals surface area contributed by atoms with Crippen molar-refractivity contribution in [3.8, 4) is 5.75 Å². The number of esters is 1. The zero-order chi connectivity index (χ0) is 12.0. The van der Waals surface area contributed by atoms with Gasteiger partial charge in [0.15, 0.2) is 0 Å². The van der Waals surface area contributed by atoms with Crippen molar-refractivity contribution < 1.29 is 19.1 Å². The quantitative estimate of drug-likeness (QED) is 0.440. The lowest BCUT2D eigenvalue weighted by Crippen LogP contribution is -2.04. The van der Waals surface area contributed by atoms with Crippen molar-refractivity contribution in [3.05, 3.63) is 29.3 Å². The largest absolute Gasteiger partial charge is 0.496 e. The van der Waals surface area contributed by atoms with Gasteiger partial charge in [0, 0.05) is 0 Å². The molecular weight excluding hydrogens is 210 g/mol. The number of hydrogen-bond donors (Lipinski definition) is 0. The Morgan fingerprint density at radius 1 is 1.31 bits per heavy atom. The smallest absolute Gasteiger partial charge is 0.341 e. The predicted octanol–water partition coefficient (Wildman–Crippen LogP) is 1.46. The minimum Gasteiger partial charge on any atom is -0.496 e. The lowest BCUT2D eigenvalue weighted by atomic mass is 10.1. The van der Waals surface area contributed by atoms with E-state index in [0.29, 0.717) is 11.3 Å². The summed E-state index contributed by atoms with van der Waals surface area (Å²) in [5.74, 6) is 0.00549. The molecule has 0 aliphatic rings. The molecule has 0 aliphatic carbocycles. The van der Waals surface area contributed by atoms with Crippen LogP contribution in [0.15, 0.2) is 23.4 Å². The number of ether oxygens (including phenoxy) is 2. The van der Waals surface area contributed by atoms with Gasteiger partial charge in [-0.1, -0.05) is 5.16 Å². The van der Waals surface area contributed by atoms with Gasteiger partial charge in [-0.05, 0) is 23.8 Å². The molecule has 1 rings (SSSR count). The van der Waals surface area contributed by atoms with Gasteiger partial charge in [-0.3, -0.25) is 0 Å². The Balaban J connectivity index is 3.10. The van der Waals surface area contributed by atoms with Crippen molar-refractivity contribution in [2.45, 2.75) is 0 Å². The van der Waals surface area contributed by atoms with Crippen LogP contribution in [-0.4, -0.2) is 33.5 Å². The van der Waals surface area contributed by atoms with E-state index in [1.807, 2.05) is 0 Å². The van der Waals surface area contributed by atoms with Crippen molar-refractivity contribution in [1.29, 1.82) is 0 Å². The molecule has 0 spiro atoms. The van der Waals surface area contributed by atoms with Gasteiger partial charge in [0.1, 0.15) is 18.4 Å². The summed E-state index contributed by atoms with van der Waals surface area (Å²) in [6.07, 6.45) is 1.49. The molecule has 0 unspecified atom stereocenters. The van der Waals surface area contributed by atoms with Crippen LogP contribution in [0.1, 0.15) is 15.9 Å². The topological polar surface area (TPSA) is 57.1 Å². The number of nitrogens with zero attached hydrogens (tertiary/aromatic N) is 1. The Labute approximate surface area is 93.6 Å². The molecule has 0 atom stereocenters. The number of methoxy groups -OCH3 is 2. The van der Waals surface area contributed by atoms with E-state index in [1.165, 1.54) is 27.5 Å². The first-order valence-corrected chi connectivity index (χ1v) is 4.55. The van der Waals surface area contributed by atoms with Gasteiger partial charge < -0.3 is 14.3 Å². The van der Waals surface area contributed by atoms with E-state index >= 15 is 0 Å². The highest BCUT2D eigenvalue weighted by molar-refractivity contribution is 5.95. The normalized spacial score (nSPS) is 10.2. The molecule has 16 heavy (non-hydrogen) atoms. The number of carbonyl (C=O) groups is 1. The Hall–Kier alpha value is -2.04. The molecule has 0 fully saturated rings. The Morgan fingerprint density at radius 3 is 2.62 bits per heavy atom. The summed E-state index contributed by atoms with van der Waals surface area (Å²) < 4.78 is 9.69. The molecule has 5 nitrogen and oxygen atoms in total. The molecule has 0 saturated carbocycles. The summed E-state index contributed by atoms with van der Waals surface area (Å²) >= 11 is 0. The fourth-order valence-corrected chi connectivity index (χ4v) is 1.19. The van der Waals surface area contributed by atoms with Gasteiger partial charge in [0.2, 0.25) is 0 Å². The molecule has 1 aromatic carbocycles. The summed E-state index contributed by atoms with van der Waals surface area (Å²) in [5, 5.41) is 3.61. The van der Waals surface area contributed by atoms with E-state index in [0.717, 1.165) is 5.56 Å². The molecule has 0 radical (unpaired) electrons. The maximum atomic E-state index is 11.4. The van der Waals surface area contributed by atoms with Crippen molar-refractivity contribution in [2.75, 3.05) is 21.3 Å². The molecule has 0 saturated heterocycles. The Bertz CT molecular complexity index is 401. The maximum absolute atomic E-state index is 11.4. The summed E-state index contributed by atoms with van der Waals surface area (Å²) in [7, 11) is 4.25. The van der Waals surface area contributed by atoms with Crippen molar-refractivity contribution >= 4 is 12.2 Å². The summed E-state index contributed by atoms with van der Waals surface area (Å²) in [4.78, 5) is 16.0. The lowest BCUT2D eigenvalue weighted by Gasteiger charge is -2.06. The van der Waals surface area contributed by atoms with E-state index in [-0.39, 0.29) is 0 Å². The average Bonchev–Trinajstić information content (AvgIpc) is 2.35. The first-order valence-electron chi connectivity index (χ1n) is 4.55. The average molecular weight is 223 g/mol. The van der Waals surface area contributed by atoms with Crippen molar-refractivity contribution in [3.63, 3.8) is 0 Å². The third-order valence-electron chi connectivity index (χ3n) is 1.94. The third-order valence-corrected chi connectivity index (χ3v) is 1.94. The van der Waals surface area contributed by atoms with Crippen molar-refractivity contribution in [2.24, 2.45) is 5.16 Å². The standard InChI is InChI=1S/C11H13NO4/c1-14-10-5-4-8(7-12-16-3)6-9(10)11(13)15-2/h4-7H,1-3H3. The second-order valence-electron chi connectivity index (χ2n) is 2.87. The van der Waals surface area contributed by atoms with Gasteiger partial charge in [-0.25, -0.2) is 4.79 Å². The van der Waals surface area contributed by atoms with E-state index in [1.54, 1.807) is 18.2 Å². The zero-order valence-corrected chi connectivity index (χ0v) is 9.39. The van der Waals surface area contributed by atoms with Gasteiger partial charge in [-0.2, -0.15) is 0 Å². The van der Waals surface area contributed by atoms with Crippen LogP contribution in [0, 0.1) is 0 Å². The van der Waals surface area contributed by atoms with Crippen LogP contribution in [0.25, 0.3) is 0 Å². The molecule has 86 valence electrons. The molecule has 5 heteroatoms. The van der Waals surface area contributed by atoms with Crippen LogP contribution in [0.3, 0.4) is 0 Å². The van der Waals surface area contributed by atoms with E-state index < -0.39 is 5.97 Å². The molecule has 0 N–H and O–H groups in total. The summed E-state index contributed by atoms with van der Waals surface area (Å²) in [6.45, 7) is 0. The predicted molar refractivity (Wildman–Crippen MR) is 58.9 cm³/mol. The minimum absolute atomic E-state index is 0.352. The molecule has 0 aliphatic heterocycles. The van der Waals surface area contributed by atoms with E-state index in [4.69, 9.17) is 4.74 Å². The highest BCUT2D eigenvalue weighted by Gasteiger charge is 2.12. The monoisotopic (exact) mass is 223 g/mol. The van der Waals surface area contributed by atoms with Crippen molar-refractivity contribution in [1.82, 2.24) is 0 Å². The summed E-state index contributed by atoms with van der Waals surface area (Å²) in [6, 6.07) is 5.05. The lowest BCUT2D eigenvalue weighted by molar-refractivity contribution is 0.0597. The SMILES string of the molecule is CON=Cc1ccc(OC)c(C(=O)OC)c1. The first-order chi connectivity index (χ1) is 7.72. The number of hydrogen-bond acceptors (Lipinski definition) is 5. The molecule has 0 aromatic heterocycles. The third kappa shape index (κ3) is 2.73. The highest BCUT2D eigenvalue weighted by Crippen LogP contribution is 2.20. The zero-order valence-electron chi connectivity index (χ0n) is 9.39. The molecular formula is C11H13NO4. The van der Waals surface area contributed by atoms with Crippen LogP contribution in [-0.2, 0) is 9.57 Å². The highest BCUT2D eigenvalue weighted by atomic mass is 16.6. The van der Waals surface area contributed by atoms with E-state index in [2.05, 4.69) is 14.7 Å². The number of oxime groups is 1. The maximum Gasteiger partial charge on any atom is 0.341 e. The van der Waals surface area contributed by atoms with Crippen LogP contribution >= 0.6 is 0 Å². The van der Waals surface area contributed by atoms with Crippen LogP contribution in [0.5, 0.6) is 5.75 Å². The Morgan fingerprint density at radius 2 is 2.06 bits per heavy atom. The second kappa shape index (κ2) is 5.75. The molecule has 0 amide bonds. The van der Waals surface area contributed by atoms with Crippen LogP contribution in [0.4, 0.5) is 0 Å². The van der Waals surface area contributed by atoms with Crippen LogP contribution in [0.2, 0.25) is 0 Å². The molecule has 1 aromatic rings. The Kier molecular flexibility index (Phi) is 4.32. The molecule has 0 bridgehead atoms. The van der Waals surface area contributed by atoms with Crippen LogP contribution < -0.4 is 4.74 Å². The summed E-state index contributed by atoms with van der Waals surface area (Å²) in [5.41, 5.74) is 1.08. The first kappa shape index (κ1) is 12.0. The fourth-order valence-electron chi connectivity index (χ4n) is 1.19. The van der Waals surface area contributed by atoms with Gasteiger partial charge in [0.25, 0.3) is 0 Å². The number of rotatable bonds is 4. The second-order valence-corrected chi connectivity index (χ2v) is 2.87. The number of carbonyl (C=O) groups excluding carboxylic acids is 1. The minimum atomic E-state index is -0.454. The van der Waals surface area contributed by atoms with E-state index in [9.17, 15) is 4.79 Å². The van der Waals surface area contributed by atoms with Gasteiger partial charge in [-0.15, -0.1) is 0 Å². The van der Waals surface area contributed by atoms with Gasteiger partial charge >= 0.3 is 5.97 Å². The van der Waals surface area contributed by atoms with Gasteiger partial charge in [0.05, 0.1) is 20.4 Å². The molecule has 0 heterocycles.